The molecule has 2 aromatic carbocycles. The molecule has 0 spiro atoms. The van der Waals surface area contributed by atoms with Gasteiger partial charge in [0.05, 0.1) is 10.6 Å². The molecule has 0 aliphatic carbocycles. The molecule has 2 aromatic heterocycles. The zero-order chi connectivity index (χ0) is 23.3. The Morgan fingerprint density at radius 3 is 2.52 bits per heavy atom. The van der Waals surface area contributed by atoms with Gasteiger partial charge in [-0.05, 0) is 31.2 Å². The monoisotopic (exact) mass is 500 g/mol. The molecule has 2 heterocycles. The Morgan fingerprint density at radius 1 is 1.09 bits per heavy atom. The van der Waals surface area contributed by atoms with Crippen LogP contribution in [0.1, 0.15) is 6.92 Å². The summed E-state index contributed by atoms with van der Waals surface area (Å²) in [5.41, 5.74) is 1.46. The second-order valence-corrected chi connectivity index (χ2v) is 10.2. The maximum Gasteiger partial charge on any atom is 0.263 e. The maximum atomic E-state index is 12.4. The summed E-state index contributed by atoms with van der Waals surface area (Å²) in [4.78, 5) is 16.4. The molecule has 33 heavy (non-hydrogen) atoms. The van der Waals surface area contributed by atoms with Crippen molar-refractivity contribution in [3.63, 3.8) is 0 Å². The molecule has 170 valence electrons. The van der Waals surface area contributed by atoms with E-state index in [-0.39, 0.29) is 16.6 Å². The first-order chi connectivity index (χ1) is 16.0. The Kier molecular flexibility index (Phi) is 7.06. The lowest BCUT2D eigenvalue weighted by molar-refractivity contribution is -0.113. The number of carbonyl (C=O) groups is 1. The Bertz CT molecular complexity index is 1320. The smallest absolute Gasteiger partial charge is 0.263 e. The molecule has 0 atom stereocenters. The number of anilines is 2. The lowest BCUT2D eigenvalue weighted by Gasteiger charge is -2.09. The van der Waals surface area contributed by atoms with Gasteiger partial charge in [-0.1, -0.05) is 42.1 Å². The topological polar surface area (TPSA) is 119 Å². The summed E-state index contributed by atoms with van der Waals surface area (Å²) in [6.45, 7) is 2.67. The van der Waals surface area contributed by atoms with Crippen molar-refractivity contribution in [1.29, 1.82) is 0 Å². The second kappa shape index (κ2) is 10.1. The highest BCUT2D eigenvalue weighted by atomic mass is 32.2. The van der Waals surface area contributed by atoms with Gasteiger partial charge in [0.25, 0.3) is 10.0 Å². The number of thiazole rings is 1. The van der Waals surface area contributed by atoms with Crippen LogP contribution in [-0.4, -0.2) is 39.8 Å². The molecule has 0 unspecified atom stereocenters. The minimum absolute atomic E-state index is 0.0783. The fourth-order valence-corrected chi connectivity index (χ4v) is 5.56. The predicted octanol–water partition coefficient (Wildman–Crippen LogP) is 3.95. The quantitative estimate of drug-likeness (QED) is 0.334. The number of sulfonamides is 1. The molecule has 0 aliphatic rings. The third-order valence-corrected chi connectivity index (χ3v) is 7.64. The van der Waals surface area contributed by atoms with Crippen molar-refractivity contribution < 1.29 is 13.2 Å². The Labute approximate surface area is 199 Å². The number of benzene rings is 2. The average Bonchev–Trinajstić information content (AvgIpc) is 3.47. The molecule has 4 rings (SSSR count). The van der Waals surface area contributed by atoms with Crippen molar-refractivity contribution in [2.45, 2.75) is 23.5 Å². The Hall–Kier alpha value is -3.22. The molecule has 12 heteroatoms. The molecule has 2 N–H and O–H groups in total. The first kappa shape index (κ1) is 23.0. The maximum absolute atomic E-state index is 12.4. The summed E-state index contributed by atoms with van der Waals surface area (Å²) in [6, 6.07) is 15.7. The van der Waals surface area contributed by atoms with E-state index < -0.39 is 10.0 Å². The van der Waals surface area contributed by atoms with E-state index in [4.69, 9.17) is 0 Å². The van der Waals surface area contributed by atoms with Crippen LogP contribution in [-0.2, 0) is 21.4 Å². The average molecular weight is 501 g/mol. The van der Waals surface area contributed by atoms with Gasteiger partial charge in [-0.2, -0.15) is 0 Å². The van der Waals surface area contributed by atoms with Crippen LogP contribution in [0, 0.1) is 0 Å². The minimum Gasteiger partial charge on any atom is -0.325 e. The molecule has 0 fully saturated rings. The highest BCUT2D eigenvalue weighted by Gasteiger charge is 2.17. The van der Waals surface area contributed by atoms with Gasteiger partial charge >= 0.3 is 0 Å². The zero-order valence-corrected chi connectivity index (χ0v) is 20.0. The molecule has 9 nitrogen and oxygen atoms in total. The summed E-state index contributed by atoms with van der Waals surface area (Å²) >= 11 is 2.48. The third kappa shape index (κ3) is 5.59. The van der Waals surface area contributed by atoms with E-state index in [0.29, 0.717) is 22.5 Å². The number of nitrogens with one attached hydrogen (secondary N) is 2. The molecule has 0 radical (unpaired) electrons. The number of carbonyl (C=O) groups excluding carboxylic acids is 1. The van der Waals surface area contributed by atoms with Crippen molar-refractivity contribution in [2.75, 3.05) is 15.8 Å². The normalized spacial score (nSPS) is 11.3. The van der Waals surface area contributed by atoms with E-state index >= 15 is 0 Å². The van der Waals surface area contributed by atoms with Gasteiger partial charge in [-0.15, -0.1) is 21.5 Å². The largest absolute Gasteiger partial charge is 0.325 e. The Morgan fingerprint density at radius 2 is 1.85 bits per heavy atom. The summed E-state index contributed by atoms with van der Waals surface area (Å²) in [5.74, 6) is 0.658. The summed E-state index contributed by atoms with van der Waals surface area (Å²) in [7, 11) is -3.74. The van der Waals surface area contributed by atoms with E-state index in [1.54, 1.807) is 17.5 Å². The van der Waals surface area contributed by atoms with Gasteiger partial charge in [-0.3, -0.25) is 9.52 Å². The van der Waals surface area contributed by atoms with Crippen LogP contribution in [0.3, 0.4) is 0 Å². The number of nitrogens with zero attached hydrogens (tertiary/aromatic N) is 4. The molecule has 0 aliphatic heterocycles. The van der Waals surface area contributed by atoms with Crippen LogP contribution in [0.5, 0.6) is 0 Å². The highest BCUT2D eigenvalue weighted by molar-refractivity contribution is 7.99. The van der Waals surface area contributed by atoms with Crippen LogP contribution in [0.4, 0.5) is 10.8 Å². The van der Waals surface area contributed by atoms with E-state index in [2.05, 4.69) is 25.2 Å². The second-order valence-electron chi connectivity index (χ2n) is 6.72. The van der Waals surface area contributed by atoms with Crippen molar-refractivity contribution in [3.8, 4) is 11.4 Å². The number of aromatic nitrogens is 4. The number of amides is 1. The summed E-state index contributed by atoms with van der Waals surface area (Å²) in [5, 5.41) is 13.9. The molecule has 0 bridgehead atoms. The van der Waals surface area contributed by atoms with E-state index in [9.17, 15) is 13.2 Å². The van der Waals surface area contributed by atoms with Crippen LogP contribution in [0.2, 0.25) is 0 Å². The first-order valence-corrected chi connectivity index (χ1v) is 13.2. The number of hydrogen-bond donors (Lipinski definition) is 2. The van der Waals surface area contributed by atoms with Gasteiger partial charge in [0, 0.05) is 29.4 Å². The lowest BCUT2D eigenvalue weighted by atomic mass is 10.2. The van der Waals surface area contributed by atoms with E-state index in [1.165, 1.54) is 41.4 Å². The molecule has 4 aromatic rings. The molecular formula is C21H20N6O3S3. The predicted molar refractivity (Wildman–Crippen MR) is 130 cm³/mol. The lowest BCUT2D eigenvalue weighted by Crippen LogP contribution is -2.15. The van der Waals surface area contributed by atoms with Crippen molar-refractivity contribution in [3.05, 3.63) is 66.2 Å². The Balaban J connectivity index is 1.36. The van der Waals surface area contributed by atoms with Crippen molar-refractivity contribution >= 4 is 49.8 Å². The fourth-order valence-electron chi connectivity index (χ4n) is 2.97. The molecule has 1 amide bonds. The van der Waals surface area contributed by atoms with Gasteiger partial charge in [0.1, 0.15) is 0 Å². The van der Waals surface area contributed by atoms with E-state index in [0.717, 1.165) is 11.4 Å². The number of hydrogen-bond acceptors (Lipinski definition) is 8. The van der Waals surface area contributed by atoms with Crippen molar-refractivity contribution in [1.82, 2.24) is 19.7 Å². The van der Waals surface area contributed by atoms with Crippen LogP contribution in [0.25, 0.3) is 11.4 Å². The SMILES string of the molecule is CCn1c(SCC(=O)Nc2ccc(S(=O)(=O)Nc3nccs3)cc2)nnc1-c1ccccc1. The van der Waals surface area contributed by atoms with Gasteiger partial charge in [0.15, 0.2) is 16.1 Å². The summed E-state index contributed by atoms with van der Waals surface area (Å²) < 4.78 is 29.2. The zero-order valence-electron chi connectivity index (χ0n) is 17.5. The fraction of sp³-hybridized carbons (Fsp3) is 0.143. The molecule has 0 saturated carbocycles. The summed E-state index contributed by atoms with van der Waals surface area (Å²) in [6.07, 6.45) is 1.52. The van der Waals surface area contributed by atoms with Gasteiger partial charge in [-0.25, -0.2) is 13.4 Å². The van der Waals surface area contributed by atoms with Gasteiger partial charge in [0.2, 0.25) is 5.91 Å². The van der Waals surface area contributed by atoms with Crippen molar-refractivity contribution in [2.24, 2.45) is 0 Å². The molecule has 0 saturated heterocycles. The van der Waals surface area contributed by atoms with Crippen LogP contribution >= 0.6 is 23.1 Å². The third-order valence-electron chi connectivity index (χ3n) is 4.50. The highest BCUT2D eigenvalue weighted by Crippen LogP contribution is 2.24. The van der Waals surface area contributed by atoms with Gasteiger partial charge < -0.3 is 9.88 Å². The minimum atomic E-state index is -3.74. The molecular weight excluding hydrogens is 480 g/mol. The standard InChI is InChI=1S/C21H20N6O3S3/c1-2-27-19(15-6-4-3-5-7-15)24-25-21(27)32-14-18(28)23-16-8-10-17(11-9-16)33(29,30)26-20-22-12-13-31-20/h3-13H,2,14H2,1H3,(H,22,26)(H,23,28). The number of rotatable bonds is 9. The van der Waals surface area contributed by atoms with Crippen LogP contribution in [0.15, 0.2) is 76.2 Å². The van der Waals surface area contributed by atoms with Crippen LogP contribution < -0.4 is 10.0 Å². The first-order valence-electron chi connectivity index (χ1n) is 9.90. The van der Waals surface area contributed by atoms with E-state index in [1.807, 2.05) is 41.8 Å². The number of thioether (sulfide) groups is 1.